The van der Waals surface area contributed by atoms with Gasteiger partial charge >= 0.3 is 5.97 Å². The maximum Gasteiger partial charge on any atom is 0.343 e. The predicted molar refractivity (Wildman–Crippen MR) is 136 cm³/mol. The van der Waals surface area contributed by atoms with Crippen LogP contribution in [0.15, 0.2) is 36.4 Å². The number of aryl methyl sites for hydroxylation is 1. The van der Waals surface area contributed by atoms with Crippen molar-refractivity contribution in [3.63, 3.8) is 0 Å². The van der Waals surface area contributed by atoms with Gasteiger partial charge in [0, 0.05) is 23.2 Å². The molecule has 0 fully saturated rings. The minimum Gasteiger partial charge on any atom is -0.493 e. The summed E-state index contributed by atoms with van der Waals surface area (Å²) in [5.41, 5.74) is 6.41. The van der Waals surface area contributed by atoms with Crippen molar-refractivity contribution in [1.82, 2.24) is 4.90 Å². The first-order valence-electron chi connectivity index (χ1n) is 12.2. The van der Waals surface area contributed by atoms with Crippen molar-refractivity contribution in [3.05, 3.63) is 64.2 Å². The van der Waals surface area contributed by atoms with Gasteiger partial charge in [0.1, 0.15) is 11.7 Å². The Balaban J connectivity index is 1.60. The van der Waals surface area contributed by atoms with Gasteiger partial charge in [-0.1, -0.05) is 35.9 Å². The highest BCUT2D eigenvalue weighted by molar-refractivity contribution is 5.98. The van der Waals surface area contributed by atoms with Crippen LogP contribution in [0.25, 0.3) is 11.1 Å². The van der Waals surface area contributed by atoms with Crippen molar-refractivity contribution in [2.75, 3.05) is 41.7 Å². The molecule has 3 aliphatic rings. The lowest BCUT2D eigenvalue weighted by atomic mass is 9.81. The van der Waals surface area contributed by atoms with E-state index in [9.17, 15) is 4.79 Å². The fourth-order valence-corrected chi connectivity index (χ4v) is 5.94. The SMILES string of the molecule is COc1ccc2c(c1OC)C(=O)O[C@@H]2[C@H]1c2c(c(-c3cccc(C)c3)c3c(c2OC)OCO3)CCN1C. The summed E-state index contributed by atoms with van der Waals surface area (Å²) in [5, 5.41) is 0. The Morgan fingerprint density at radius 1 is 0.946 bits per heavy atom. The molecule has 0 aromatic heterocycles. The number of ether oxygens (including phenoxy) is 6. The van der Waals surface area contributed by atoms with Crippen molar-refractivity contribution >= 4 is 5.97 Å². The van der Waals surface area contributed by atoms with E-state index in [-0.39, 0.29) is 12.8 Å². The Morgan fingerprint density at radius 3 is 2.46 bits per heavy atom. The van der Waals surface area contributed by atoms with Crippen LogP contribution in [0.5, 0.6) is 28.7 Å². The molecule has 0 radical (unpaired) electrons. The summed E-state index contributed by atoms with van der Waals surface area (Å²) in [6.07, 6.45) is 0.198. The molecule has 0 unspecified atom stereocenters. The molecule has 0 spiro atoms. The third-order valence-electron chi connectivity index (χ3n) is 7.52. The van der Waals surface area contributed by atoms with Gasteiger partial charge in [-0.15, -0.1) is 0 Å². The number of hydrogen-bond donors (Lipinski definition) is 0. The molecule has 0 saturated heterocycles. The molecule has 37 heavy (non-hydrogen) atoms. The summed E-state index contributed by atoms with van der Waals surface area (Å²) in [6.45, 7) is 2.95. The summed E-state index contributed by atoms with van der Waals surface area (Å²) in [6, 6.07) is 11.7. The Hall–Kier alpha value is -3.91. The molecule has 3 aromatic rings. The number of nitrogens with zero attached hydrogens (tertiary/aromatic N) is 1. The second kappa shape index (κ2) is 8.88. The second-order valence-corrected chi connectivity index (χ2v) is 9.50. The monoisotopic (exact) mass is 503 g/mol. The minimum absolute atomic E-state index is 0.117. The van der Waals surface area contributed by atoms with E-state index in [1.165, 1.54) is 7.11 Å². The molecule has 3 aliphatic heterocycles. The smallest absolute Gasteiger partial charge is 0.343 e. The Kier molecular flexibility index (Phi) is 5.64. The van der Waals surface area contributed by atoms with Crippen LogP contribution in [0.4, 0.5) is 0 Å². The molecule has 0 amide bonds. The summed E-state index contributed by atoms with van der Waals surface area (Å²) in [7, 11) is 6.75. The van der Waals surface area contributed by atoms with Gasteiger partial charge in [-0.25, -0.2) is 4.79 Å². The van der Waals surface area contributed by atoms with Crippen molar-refractivity contribution in [3.8, 4) is 39.9 Å². The normalized spacial score (nSPS) is 19.8. The van der Waals surface area contributed by atoms with E-state index in [1.807, 2.05) is 25.2 Å². The molecule has 3 heterocycles. The molecular weight excluding hydrogens is 474 g/mol. The van der Waals surface area contributed by atoms with E-state index in [1.54, 1.807) is 14.2 Å². The summed E-state index contributed by atoms with van der Waals surface area (Å²) in [4.78, 5) is 15.4. The standard InChI is InChI=1S/C29H29NO7/c1-15-7-6-8-16(13-15)20-17-11-12-30(2)23(21(17)26(34-5)28-27(20)35-14-36-28)24-18-9-10-19(32-3)25(33-4)22(18)29(31)37-24/h6-10,13,23-24H,11-12,14H2,1-5H3/t23-,24+/m1/s1. The lowest BCUT2D eigenvalue weighted by Gasteiger charge is -2.39. The zero-order valence-electron chi connectivity index (χ0n) is 21.5. The van der Waals surface area contributed by atoms with E-state index < -0.39 is 12.1 Å². The molecule has 0 bridgehead atoms. The maximum atomic E-state index is 13.2. The second-order valence-electron chi connectivity index (χ2n) is 9.50. The summed E-state index contributed by atoms with van der Waals surface area (Å²) in [5.74, 6) is 2.31. The van der Waals surface area contributed by atoms with E-state index in [2.05, 4.69) is 30.0 Å². The average molecular weight is 504 g/mol. The third-order valence-corrected chi connectivity index (χ3v) is 7.52. The van der Waals surface area contributed by atoms with Crippen LogP contribution in [0, 0.1) is 6.92 Å². The molecule has 6 rings (SSSR count). The summed E-state index contributed by atoms with van der Waals surface area (Å²) >= 11 is 0. The number of fused-ring (bicyclic) bond motifs is 3. The van der Waals surface area contributed by atoms with Gasteiger partial charge in [0.2, 0.25) is 12.5 Å². The fraction of sp³-hybridized carbons (Fsp3) is 0.345. The number of cyclic esters (lactones) is 1. The predicted octanol–water partition coefficient (Wildman–Crippen LogP) is 4.86. The highest BCUT2D eigenvalue weighted by atomic mass is 16.7. The van der Waals surface area contributed by atoms with Crippen LogP contribution in [-0.4, -0.2) is 52.6 Å². The van der Waals surface area contributed by atoms with Gasteiger partial charge in [0.25, 0.3) is 0 Å². The van der Waals surface area contributed by atoms with E-state index in [4.69, 9.17) is 28.4 Å². The van der Waals surface area contributed by atoms with Crippen LogP contribution < -0.4 is 23.7 Å². The average Bonchev–Trinajstić information content (AvgIpc) is 3.51. The Morgan fingerprint density at radius 2 is 1.73 bits per heavy atom. The molecule has 0 N–H and O–H groups in total. The first-order chi connectivity index (χ1) is 18.0. The van der Waals surface area contributed by atoms with Crippen LogP contribution in [0.2, 0.25) is 0 Å². The Labute approximate surface area is 215 Å². The topological polar surface area (TPSA) is 75.7 Å². The van der Waals surface area contributed by atoms with Crippen LogP contribution >= 0.6 is 0 Å². The van der Waals surface area contributed by atoms with Gasteiger partial charge in [-0.3, -0.25) is 4.90 Å². The number of esters is 1. The Bertz CT molecular complexity index is 1420. The van der Waals surface area contributed by atoms with E-state index in [0.29, 0.717) is 34.3 Å². The van der Waals surface area contributed by atoms with Gasteiger partial charge in [0.05, 0.1) is 27.4 Å². The molecule has 3 aromatic carbocycles. The number of likely N-dealkylation sites (N-methyl/N-ethyl adjacent to an activating group) is 1. The molecular formula is C29H29NO7. The van der Waals surface area contributed by atoms with Crippen LogP contribution in [0.3, 0.4) is 0 Å². The van der Waals surface area contributed by atoms with Gasteiger partial charge < -0.3 is 28.4 Å². The lowest BCUT2D eigenvalue weighted by Crippen LogP contribution is -2.36. The number of carbonyl (C=O) groups is 1. The van der Waals surface area contributed by atoms with Crippen LogP contribution in [-0.2, 0) is 11.2 Å². The number of rotatable bonds is 5. The summed E-state index contributed by atoms with van der Waals surface area (Å²) < 4.78 is 35.1. The van der Waals surface area contributed by atoms with Gasteiger partial charge in [0.15, 0.2) is 23.0 Å². The number of carbonyl (C=O) groups excluding carboxylic acids is 1. The highest BCUT2D eigenvalue weighted by Crippen LogP contribution is 2.58. The molecule has 8 nitrogen and oxygen atoms in total. The van der Waals surface area contributed by atoms with Crippen molar-refractivity contribution in [2.24, 2.45) is 0 Å². The van der Waals surface area contributed by atoms with Gasteiger partial charge in [-0.2, -0.15) is 0 Å². The van der Waals surface area contributed by atoms with E-state index >= 15 is 0 Å². The van der Waals surface area contributed by atoms with Gasteiger partial charge in [-0.05, 0) is 37.6 Å². The first kappa shape index (κ1) is 23.5. The van der Waals surface area contributed by atoms with Crippen molar-refractivity contribution in [2.45, 2.75) is 25.5 Å². The number of benzene rings is 3. The number of hydrogen-bond acceptors (Lipinski definition) is 8. The maximum absolute atomic E-state index is 13.2. The lowest BCUT2D eigenvalue weighted by molar-refractivity contribution is 0.00877. The molecule has 0 aliphatic carbocycles. The quantitative estimate of drug-likeness (QED) is 0.457. The minimum atomic E-state index is -0.578. The fourth-order valence-electron chi connectivity index (χ4n) is 5.94. The molecule has 0 saturated carbocycles. The first-order valence-corrected chi connectivity index (χ1v) is 12.2. The van der Waals surface area contributed by atoms with Crippen molar-refractivity contribution < 1.29 is 33.2 Å². The van der Waals surface area contributed by atoms with E-state index in [0.717, 1.165) is 46.3 Å². The molecule has 192 valence electrons. The highest BCUT2D eigenvalue weighted by Gasteiger charge is 2.47. The largest absolute Gasteiger partial charge is 0.493 e. The number of methoxy groups -OCH3 is 3. The molecule has 2 atom stereocenters. The van der Waals surface area contributed by atoms with Crippen LogP contribution in [0.1, 0.15) is 44.8 Å². The zero-order valence-corrected chi connectivity index (χ0v) is 21.5. The zero-order chi connectivity index (χ0) is 25.8. The van der Waals surface area contributed by atoms with Crippen molar-refractivity contribution in [1.29, 1.82) is 0 Å². The molecule has 8 heteroatoms. The third kappa shape index (κ3) is 3.43.